The maximum absolute atomic E-state index is 12.4. The number of aromatic amines is 1. The Bertz CT molecular complexity index is 960. The van der Waals surface area contributed by atoms with Gasteiger partial charge in [-0.1, -0.05) is 32.1 Å². The summed E-state index contributed by atoms with van der Waals surface area (Å²) in [7, 11) is -1.95. The van der Waals surface area contributed by atoms with E-state index < -0.39 is 31.1 Å². The summed E-state index contributed by atoms with van der Waals surface area (Å²) in [5.74, 6) is -0.0932. The number of hydrogen-bond donors (Lipinski definition) is 3. The van der Waals surface area contributed by atoms with Crippen molar-refractivity contribution in [3.63, 3.8) is 0 Å². The highest BCUT2D eigenvalue weighted by atomic mass is 32.1. The molecular formula is C16H26N4O5SSi. The van der Waals surface area contributed by atoms with Crippen molar-refractivity contribution in [3.8, 4) is 0 Å². The molecule has 0 aliphatic carbocycles. The lowest BCUT2D eigenvalue weighted by atomic mass is 10.2. The molecule has 27 heavy (non-hydrogen) atoms. The van der Waals surface area contributed by atoms with E-state index in [1.807, 2.05) is 0 Å². The predicted octanol–water partition coefficient (Wildman–Crippen LogP) is 1.40. The smallest absolute Gasteiger partial charge is 0.311 e. The molecule has 0 radical (unpaired) electrons. The van der Waals surface area contributed by atoms with Gasteiger partial charge in [-0.25, -0.2) is 0 Å². The number of fused-ring (bicyclic) bond motifs is 1. The molecule has 0 aromatic carbocycles. The molecule has 0 spiro atoms. The maximum Gasteiger partial charge on any atom is 0.311 e. The average Bonchev–Trinajstić information content (AvgIpc) is 3.04. The zero-order valence-corrected chi connectivity index (χ0v) is 17.9. The van der Waals surface area contributed by atoms with Gasteiger partial charge < -0.3 is 20.0 Å². The van der Waals surface area contributed by atoms with Crippen molar-refractivity contribution in [1.29, 1.82) is 0 Å². The first-order chi connectivity index (χ1) is 12.4. The molecule has 3 atom stereocenters. The highest BCUT2D eigenvalue weighted by molar-refractivity contribution is 7.16. The van der Waals surface area contributed by atoms with Crippen molar-refractivity contribution in [2.75, 3.05) is 12.3 Å². The first-order valence-corrected chi connectivity index (χ1v) is 12.5. The number of ether oxygens (including phenoxy) is 1. The number of aromatic nitrogens is 3. The molecule has 0 saturated carbocycles. The van der Waals surface area contributed by atoms with Crippen LogP contribution in [0.25, 0.3) is 10.3 Å². The fraction of sp³-hybridized carbons (Fsp3) is 0.688. The molecule has 1 fully saturated rings. The number of nitrogens with zero attached hydrogens (tertiary/aromatic N) is 2. The molecule has 1 aliphatic rings. The van der Waals surface area contributed by atoms with Gasteiger partial charge in [0.15, 0.2) is 20.2 Å². The molecule has 11 heteroatoms. The lowest BCUT2D eigenvalue weighted by Gasteiger charge is -2.36. The number of anilines is 1. The van der Waals surface area contributed by atoms with Crippen LogP contribution in [-0.4, -0.2) is 46.8 Å². The summed E-state index contributed by atoms with van der Waals surface area (Å²) in [6, 6.07) is 0. The van der Waals surface area contributed by atoms with E-state index in [2.05, 4.69) is 43.8 Å². The molecule has 0 unspecified atom stereocenters. The second-order valence-electron chi connectivity index (χ2n) is 8.36. The molecule has 2 aromatic rings. The van der Waals surface area contributed by atoms with Crippen molar-refractivity contribution in [2.45, 2.75) is 63.8 Å². The summed E-state index contributed by atoms with van der Waals surface area (Å²) < 4.78 is 13.5. The Morgan fingerprint density at radius 1 is 1.44 bits per heavy atom. The molecule has 4 N–H and O–H groups in total. The van der Waals surface area contributed by atoms with Gasteiger partial charge >= 0.3 is 4.87 Å². The van der Waals surface area contributed by atoms with Crippen LogP contribution in [0.5, 0.6) is 0 Å². The Kier molecular flexibility index (Phi) is 5.10. The van der Waals surface area contributed by atoms with E-state index in [1.165, 1.54) is 4.57 Å². The zero-order chi connectivity index (χ0) is 20.1. The first kappa shape index (κ1) is 20.2. The summed E-state index contributed by atoms with van der Waals surface area (Å²) in [6.07, 6.45) is -1.84. The highest BCUT2D eigenvalue weighted by Gasteiger charge is 2.41. The van der Waals surface area contributed by atoms with E-state index in [1.54, 1.807) is 0 Å². The van der Waals surface area contributed by atoms with Crippen molar-refractivity contribution in [2.24, 2.45) is 0 Å². The van der Waals surface area contributed by atoms with Crippen LogP contribution in [0.3, 0.4) is 0 Å². The fourth-order valence-electron chi connectivity index (χ4n) is 2.76. The second kappa shape index (κ2) is 6.81. The molecule has 2 aromatic heterocycles. The van der Waals surface area contributed by atoms with Gasteiger partial charge in [-0.3, -0.25) is 19.1 Å². The summed E-state index contributed by atoms with van der Waals surface area (Å²) in [6.45, 7) is 11.1. The van der Waals surface area contributed by atoms with E-state index >= 15 is 0 Å². The molecule has 0 bridgehead atoms. The van der Waals surface area contributed by atoms with E-state index in [-0.39, 0.29) is 27.4 Å². The highest BCUT2D eigenvalue weighted by Crippen LogP contribution is 2.38. The van der Waals surface area contributed by atoms with Gasteiger partial charge in [0.25, 0.3) is 5.56 Å². The number of H-pyrrole nitrogens is 1. The largest absolute Gasteiger partial charge is 0.414 e. The number of thiazole rings is 1. The molecule has 1 saturated heterocycles. The standard InChI is InChI=1S/C16H26N4O5SSi/c1-16(2,3)27(4,5)24-7-8-6-9(21)13(25-8)20-11-10(26-15(20)23)12(22)19-14(17)18-11/h8-9,13,21H,6-7H2,1-5H3,(H3,17,18,19,22)/t8-,9-,13+/m0/s1. The van der Waals surface area contributed by atoms with Crippen LogP contribution in [0.4, 0.5) is 5.95 Å². The minimum atomic E-state index is -1.95. The Balaban J connectivity index is 1.84. The van der Waals surface area contributed by atoms with Crippen LogP contribution >= 0.6 is 11.3 Å². The molecule has 1 aliphatic heterocycles. The Morgan fingerprint density at radius 3 is 2.74 bits per heavy atom. The lowest BCUT2D eigenvalue weighted by molar-refractivity contribution is -0.0479. The van der Waals surface area contributed by atoms with Gasteiger partial charge in [0.05, 0.1) is 12.7 Å². The Morgan fingerprint density at radius 2 is 2.11 bits per heavy atom. The van der Waals surface area contributed by atoms with Crippen molar-refractivity contribution in [3.05, 3.63) is 20.0 Å². The van der Waals surface area contributed by atoms with Gasteiger partial charge in [0.2, 0.25) is 5.95 Å². The number of nitrogens with one attached hydrogen (secondary N) is 1. The molecule has 9 nitrogen and oxygen atoms in total. The van der Waals surface area contributed by atoms with Crippen molar-refractivity contribution < 1.29 is 14.3 Å². The van der Waals surface area contributed by atoms with E-state index in [4.69, 9.17) is 14.9 Å². The third-order valence-corrected chi connectivity index (χ3v) is 10.8. The van der Waals surface area contributed by atoms with Gasteiger partial charge in [-0.05, 0) is 18.1 Å². The quantitative estimate of drug-likeness (QED) is 0.644. The number of nitrogens with two attached hydrogens (primary N) is 1. The number of aliphatic hydroxyl groups is 1. The van der Waals surface area contributed by atoms with Crippen LogP contribution in [0.1, 0.15) is 33.4 Å². The molecular weight excluding hydrogens is 388 g/mol. The third kappa shape index (κ3) is 3.74. The minimum Gasteiger partial charge on any atom is -0.414 e. The molecule has 3 heterocycles. The number of nitrogen functional groups attached to an aromatic ring is 1. The monoisotopic (exact) mass is 414 g/mol. The van der Waals surface area contributed by atoms with Gasteiger partial charge in [0.1, 0.15) is 10.8 Å². The number of hydrogen-bond acceptors (Lipinski definition) is 8. The van der Waals surface area contributed by atoms with Gasteiger partial charge in [-0.2, -0.15) is 4.98 Å². The molecule has 3 rings (SSSR count). The van der Waals surface area contributed by atoms with Crippen LogP contribution in [0.2, 0.25) is 18.1 Å². The summed E-state index contributed by atoms with van der Waals surface area (Å²) in [5, 5.41) is 10.5. The summed E-state index contributed by atoms with van der Waals surface area (Å²) in [4.78, 5) is 30.4. The van der Waals surface area contributed by atoms with Crippen LogP contribution in [0, 0.1) is 0 Å². The SMILES string of the molecule is CC(C)(C)[Si](C)(C)OC[C@@H]1C[C@H](O)[C@H](n2c(=O)sc3c(=O)[nH]c(N)nc32)O1. The van der Waals surface area contributed by atoms with E-state index in [0.717, 1.165) is 11.3 Å². The average molecular weight is 415 g/mol. The molecule has 0 amide bonds. The van der Waals surface area contributed by atoms with Gasteiger partial charge in [-0.15, -0.1) is 0 Å². The van der Waals surface area contributed by atoms with Crippen LogP contribution < -0.4 is 16.2 Å². The molecule has 150 valence electrons. The van der Waals surface area contributed by atoms with E-state index in [0.29, 0.717) is 13.0 Å². The minimum absolute atomic E-state index is 0.0621. The summed E-state index contributed by atoms with van der Waals surface area (Å²) in [5.41, 5.74) is 5.25. The Hall–Kier alpha value is -1.53. The zero-order valence-electron chi connectivity index (χ0n) is 16.1. The number of aliphatic hydroxyl groups excluding tert-OH is 1. The fourth-order valence-corrected chi connectivity index (χ4v) is 4.64. The predicted molar refractivity (Wildman–Crippen MR) is 107 cm³/mol. The van der Waals surface area contributed by atoms with Gasteiger partial charge in [0, 0.05) is 6.42 Å². The van der Waals surface area contributed by atoms with E-state index in [9.17, 15) is 14.7 Å². The third-order valence-electron chi connectivity index (χ3n) is 5.35. The normalized spacial score (nSPS) is 24.0. The number of rotatable bonds is 4. The van der Waals surface area contributed by atoms with Crippen molar-refractivity contribution >= 4 is 35.9 Å². The van der Waals surface area contributed by atoms with Crippen LogP contribution in [-0.2, 0) is 9.16 Å². The van der Waals surface area contributed by atoms with Crippen molar-refractivity contribution in [1.82, 2.24) is 14.5 Å². The van der Waals surface area contributed by atoms with Crippen LogP contribution in [0.15, 0.2) is 9.59 Å². The lowest BCUT2D eigenvalue weighted by Crippen LogP contribution is -2.42. The topological polar surface area (TPSA) is 132 Å². The maximum atomic E-state index is 12.4. The Labute approximate surface area is 161 Å². The second-order valence-corrected chi connectivity index (χ2v) is 14.1. The summed E-state index contributed by atoms with van der Waals surface area (Å²) >= 11 is 0.755. The first-order valence-electron chi connectivity index (χ1n) is 8.79.